The smallest absolute Gasteiger partial charge is 0.164 e. The third-order valence-electron chi connectivity index (χ3n) is 9.78. The van der Waals surface area contributed by atoms with Crippen LogP contribution in [0, 0.1) is 11.3 Å². The van der Waals surface area contributed by atoms with Gasteiger partial charge in [-0.05, 0) is 73.5 Å². The Hall–Kier alpha value is -7.48. The topological polar surface area (TPSA) is 62.5 Å². The summed E-state index contributed by atoms with van der Waals surface area (Å²) >= 11 is 0. The molecule has 54 heavy (non-hydrogen) atoms. The van der Waals surface area contributed by atoms with E-state index >= 15 is 0 Å². The predicted octanol–water partition coefficient (Wildman–Crippen LogP) is 12.6. The molecule has 1 heterocycles. The molecule has 0 spiro atoms. The second kappa shape index (κ2) is 14.3. The fourth-order valence-corrected chi connectivity index (χ4v) is 7.04. The fourth-order valence-electron chi connectivity index (χ4n) is 7.04. The molecule has 0 saturated carbocycles. The third-order valence-corrected chi connectivity index (χ3v) is 9.78. The van der Waals surface area contributed by atoms with E-state index in [4.69, 9.17) is 15.0 Å². The molecule has 252 valence electrons. The number of nitriles is 1. The van der Waals surface area contributed by atoms with Crippen LogP contribution in [0.25, 0.3) is 89.4 Å². The maximum absolute atomic E-state index is 9.63. The van der Waals surface area contributed by atoms with Gasteiger partial charge in [0.25, 0.3) is 0 Å². The summed E-state index contributed by atoms with van der Waals surface area (Å²) in [6.07, 6.45) is 0. The highest BCUT2D eigenvalue weighted by Crippen LogP contribution is 2.41. The van der Waals surface area contributed by atoms with Crippen LogP contribution in [0.5, 0.6) is 0 Å². The van der Waals surface area contributed by atoms with Gasteiger partial charge in [-0.1, -0.05) is 176 Å². The Labute approximate surface area is 314 Å². The van der Waals surface area contributed by atoms with Crippen molar-refractivity contribution in [3.05, 3.63) is 200 Å². The minimum Gasteiger partial charge on any atom is -0.208 e. The molecule has 4 nitrogen and oxygen atoms in total. The van der Waals surface area contributed by atoms with Crippen LogP contribution in [0.4, 0.5) is 0 Å². The van der Waals surface area contributed by atoms with Gasteiger partial charge >= 0.3 is 0 Å². The maximum Gasteiger partial charge on any atom is 0.164 e. The normalized spacial score (nSPS) is 10.9. The Balaban J connectivity index is 1.15. The Morgan fingerprint density at radius 2 is 0.759 bits per heavy atom. The van der Waals surface area contributed by atoms with Gasteiger partial charge in [0.1, 0.15) is 0 Å². The summed E-state index contributed by atoms with van der Waals surface area (Å²) in [5, 5.41) is 12.1. The monoisotopic (exact) mass is 688 g/mol. The molecule has 0 fully saturated rings. The van der Waals surface area contributed by atoms with E-state index in [0.29, 0.717) is 23.0 Å². The summed E-state index contributed by atoms with van der Waals surface area (Å²) in [6.45, 7) is 0. The van der Waals surface area contributed by atoms with Crippen molar-refractivity contribution in [3.8, 4) is 84.7 Å². The molecule has 0 radical (unpaired) electrons. The molecule has 1 aromatic heterocycles. The average molecular weight is 689 g/mol. The van der Waals surface area contributed by atoms with Gasteiger partial charge < -0.3 is 0 Å². The van der Waals surface area contributed by atoms with Crippen molar-refractivity contribution in [1.29, 1.82) is 5.26 Å². The summed E-state index contributed by atoms with van der Waals surface area (Å²) in [6, 6.07) is 69.0. The molecule has 0 amide bonds. The Kier molecular flexibility index (Phi) is 8.57. The van der Waals surface area contributed by atoms with Crippen LogP contribution in [0.15, 0.2) is 194 Å². The first-order chi connectivity index (χ1) is 26.7. The van der Waals surface area contributed by atoms with Crippen LogP contribution in [0.1, 0.15) is 5.56 Å². The van der Waals surface area contributed by atoms with Crippen molar-refractivity contribution >= 4 is 10.8 Å². The van der Waals surface area contributed by atoms with E-state index in [-0.39, 0.29) is 0 Å². The van der Waals surface area contributed by atoms with Gasteiger partial charge in [-0.3, -0.25) is 0 Å². The molecule has 0 aliphatic carbocycles. The summed E-state index contributed by atoms with van der Waals surface area (Å²) in [5.74, 6) is 1.64. The fraction of sp³-hybridized carbons (Fsp3) is 0. The van der Waals surface area contributed by atoms with E-state index in [0.717, 1.165) is 44.5 Å². The van der Waals surface area contributed by atoms with Gasteiger partial charge in [0.05, 0.1) is 11.6 Å². The van der Waals surface area contributed by atoms with Crippen LogP contribution in [-0.2, 0) is 0 Å². The van der Waals surface area contributed by atoms with Crippen molar-refractivity contribution in [1.82, 2.24) is 15.0 Å². The molecule has 4 heteroatoms. The molecule has 0 bridgehead atoms. The lowest BCUT2D eigenvalue weighted by Gasteiger charge is -2.17. The largest absolute Gasteiger partial charge is 0.208 e. The molecule has 8 aromatic carbocycles. The molecule has 0 saturated heterocycles. The van der Waals surface area contributed by atoms with E-state index in [2.05, 4.69) is 146 Å². The van der Waals surface area contributed by atoms with Crippen molar-refractivity contribution in [2.75, 3.05) is 0 Å². The van der Waals surface area contributed by atoms with Gasteiger partial charge in [0.15, 0.2) is 17.5 Å². The highest BCUT2D eigenvalue weighted by atomic mass is 15.0. The number of fused-ring (bicyclic) bond motifs is 1. The van der Waals surface area contributed by atoms with Gasteiger partial charge in [0.2, 0.25) is 0 Å². The molecular weight excluding hydrogens is 657 g/mol. The minimum absolute atomic E-state index is 0.512. The van der Waals surface area contributed by atoms with E-state index in [1.807, 2.05) is 48.5 Å². The Morgan fingerprint density at radius 3 is 1.39 bits per heavy atom. The number of nitrogens with zero attached hydrogens (tertiary/aromatic N) is 4. The first kappa shape index (κ1) is 32.4. The highest BCUT2D eigenvalue weighted by Gasteiger charge is 2.17. The quantitative estimate of drug-likeness (QED) is 0.167. The standard InChI is InChI=1S/C50H32N4/c51-33-34-11-9-18-44(31-34)50-53-48(40-26-21-37(22-27-40)35-12-3-1-4-13-35)52-49(54-50)41-28-24-39(25-29-41)46-20-10-19-45(38-15-5-2-6-16-38)47(46)43-30-23-36-14-7-8-17-42(36)32-43/h1-32H. The zero-order valence-corrected chi connectivity index (χ0v) is 29.3. The molecule has 9 aromatic rings. The van der Waals surface area contributed by atoms with Gasteiger partial charge in [-0.15, -0.1) is 0 Å². The van der Waals surface area contributed by atoms with Crippen molar-refractivity contribution in [2.24, 2.45) is 0 Å². The van der Waals surface area contributed by atoms with E-state index in [1.165, 1.54) is 27.5 Å². The minimum atomic E-state index is 0.512. The summed E-state index contributed by atoms with van der Waals surface area (Å²) in [7, 11) is 0. The van der Waals surface area contributed by atoms with Crippen LogP contribution < -0.4 is 0 Å². The van der Waals surface area contributed by atoms with E-state index in [1.54, 1.807) is 6.07 Å². The molecule has 0 N–H and O–H groups in total. The van der Waals surface area contributed by atoms with Crippen LogP contribution in [-0.4, -0.2) is 15.0 Å². The van der Waals surface area contributed by atoms with Gasteiger partial charge in [0, 0.05) is 16.7 Å². The first-order valence-electron chi connectivity index (χ1n) is 17.9. The molecule has 0 atom stereocenters. The maximum atomic E-state index is 9.63. The summed E-state index contributed by atoms with van der Waals surface area (Å²) in [4.78, 5) is 14.9. The predicted molar refractivity (Wildman–Crippen MR) is 220 cm³/mol. The first-order valence-corrected chi connectivity index (χ1v) is 17.9. The van der Waals surface area contributed by atoms with Crippen LogP contribution >= 0.6 is 0 Å². The van der Waals surface area contributed by atoms with Gasteiger partial charge in [-0.25, -0.2) is 15.0 Å². The number of rotatable bonds is 7. The van der Waals surface area contributed by atoms with E-state index < -0.39 is 0 Å². The average Bonchev–Trinajstić information content (AvgIpc) is 3.26. The number of hydrogen-bond acceptors (Lipinski definition) is 4. The molecular formula is C50H32N4. The van der Waals surface area contributed by atoms with Crippen LogP contribution in [0.2, 0.25) is 0 Å². The number of aromatic nitrogens is 3. The number of hydrogen-bond donors (Lipinski definition) is 0. The molecule has 9 rings (SSSR count). The van der Waals surface area contributed by atoms with Crippen molar-refractivity contribution < 1.29 is 0 Å². The second-order valence-electron chi connectivity index (χ2n) is 13.2. The van der Waals surface area contributed by atoms with Gasteiger partial charge in [-0.2, -0.15) is 5.26 Å². The molecule has 0 unspecified atom stereocenters. The summed E-state index contributed by atoms with van der Waals surface area (Å²) < 4.78 is 0. The third kappa shape index (κ3) is 6.43. The molecule has 0 aliphatic rings. The summed E-state index contributed by atoms with van der Waals surface area (Å²) in [5.41, 5.74) is 12.2. The SMILES string of the molecule is N#Cc1cccc(-c2nc(-c3ccc(-c4ccccc4)cc3)nc(-c3ccc(-c4cccc(-c5ccccc5)c4-c4ccc5ccccc5c4)cc3)n2)c1. The van der Waals surface area contributed by atoms with Crippen LogP contribution in [0.3, 0.4) is 0 Å². The lowest BCUT2D eigenvalue weighted by Crippen LogP contribution is -2.00. The zero-order valence-electron chi connectivity index (χ0n) is 29.3. The Morgan fingerprint density at radius 1 is 0.315 bits per heavy atom. The second-order valence-corrected chi connectivity index (χ2v) is 13.2. The number of benzene rings is 8. The lowest BCUT2D eigenvalue weighted by atomic mass is 9.87. The molecule has 0 aliphatic heterocycles. The lowest BCUT2D eigenvalue weighted by molar-refractivity contribution is 1.07. The van der Waals surface area contributed by atoms with E-state index in [9.17, 15) is 5.26 Å². The highest BCUT2D eigenvalue weighted by molar-refractivity contribution is 5.98. The Bertz CT molecular complexity index is 2800. The van der Waals surface area contributed by atoms with Crippen molar-refractivity contribution in [3.63, 3.8) is 0 Å². The van der Waals surface area contributed by atoms with Crippen molar-refractivity contribution in [2.45, 2.75) is 0 Å². The zero-order chi connectivity index (χ0) is 36.3.